The number of nitrogens with zero attached hydrogens (tertiary/aromatic N) is 4. The number of amides is 3. The first kappa shape index (κ1) is 19.4. The average Bonchev–Trinajstić information content (AvgIpc) is 2.80. The van der Waals surface area contributed by atoms with Crippen LogP contribution in [0.4, 0.5) is 16.3 Å². The van der Waals surface area contributed by atoms with E-state index in [1.807, 2.05) is 60.7 Å². The second-order valence-corrected chi connectivity index (χ2v) is 7.08. The fourth-order valence-electron chi connectivity index (χ4n) is 3.55. The van der Waals surface area contributed by atoms with E-state index in [0.29, 0.717) is 11.5 Å². The Kier molecular flexibility index (Phi) is 5.34. The van der Waals surface area contributed by atoms with Crippen LogP contribution in [0.1, 0.15) is 17.2 Å². The van der Waals surface area contributed by atoms with Crippen molar-refractivity contribution in [2.45, 2.75) is 6.04 Å². The molecule has 0 fully saturated rings. The van der Waals surface area contributed by atoms with Gasteiger partial charge in [0.05, 0.1) is 11.7 Å². The highest BCUT2D eigenvalue weighted by atomic mass is 16.2. The normalized spacial score (nSPS) is 13.4. The van der Waals surface area contributed by atoms with Crippen LogP contribution in [0.2, 0.25) is 0 Å². The van der Waals surface area contributed by atoms with Gasteiger partial charge in [0.25, 0.3) is 0 Å². The summed E-state index contributed by atoms with van der Waals surface area (Å²) >= 11 is 0. The summed E-state index contributed by atoms with van der Waals surface area (Å²) in [5.74, 6) is 0.365. The average molecular weight is 401 g/mol. The van der Waals surface area contributed by atoms with Crippen molar-refractivity contribution in [3.63, 3.8) is 0 Å². The topological polar surface area (TPSA) is 68.8 Å². The van der Waals surface area contributed by atoms with Crippen molar-refractivity contribution < 1.29 is 9.59 Å². The maximum atomic E-state index is 13.1. The summed E-state index contributed by atoms with van der Waals surface area (Å²) in [6, 6.07) is 22.5. The monoisotopic (exact) mass is 401 g/mol. The molecule has 0 aliphatic carbocycles. The maximum Gasteiger partial charge on any atom is 0.343 e. The van der Waals surface area contributed by atoms with E-state index in [1.54, 1.807) is 37.4 Å². The first-order valence-electron chi connectivity index (χ1n) is 9.69. The highest BCUT2D eigenvalue weighted by molar-refractivity contribution is 6.02. The summed E-state index contributed by atoms with van der Waals surface area (Å²) < 4.78 is 0. The number of fused-ring (bicyclic) bond motifs is 1. The molecule has 1 aliphatic heterocycles. The van der Waals surface area contributed by atoms with E-state index in [2.05, 4.69) is 10.3 Å². The lowest BCUT2D eigenvalue weighted by Crippen LogP contribution is -2.55. The van der Waals surface area contributed by atoms with E-state index in [0.717, 1.165) is 11.1 Å². The van der Waals surface area contributed by atoms with Gasteiger partial charge in [-0.1, -0.05) is 60.7 Å². The minimum atomic E-state index is -0.312. The molecule has 2 aromatic carbocycles. The number of pyridine rings is 1. The standard InChI is InChI=1S/C23H23N5O2/c1-26-22-19(14-9-15-24-22)28(23(30)27(26)2)16-20(29)25-21(17-10-5-3-6-11-17)18-12-7-4-8-13-18/h3-15,21H,16H2,1-2H3,(H,25,29). The summed E-state index contributed by atoms with van der Waals surface area (Å²) in [6.07, 6.45) is 1.66. The molecule has 1 aromatic heterocycles. The number of anilines is 2. The van der Waals surface area contributed by atoms with Crippen molar-refractivity contribution in [3.8, 4) is 0 Å². The third-order valence-corrected chi connectivity index (χ3v) is 5.19. The number of rotatable bonds is 5. The van der Waals surface area contributed by atoms with Gasteiger partial charge < -0.3 is 5.32 Å². The van der Waals surface area contributed by atoms with E-state index >= 15 is 0 Å². The van der Waals surface area contributed by atoms with Crippen LogP contribution in [0.25, 0.3) is 0 Å². The summed E-state index contributed by atoms with van der Waals surface area (Å²) in [4.78, 5) is 31.7. The van der Waals surface area contributed by atoms with Crippen LogP contribution in [0, 0.1) is 0 Å². The number of hydrogen-bond donors (Lipinski definition) is 1. The van der Waals surface area contributed by atoms with E-state index < -0.39 is 0 Å². The van der Waals surface area contributed by atoms with Gasteiger partial charge in [-0.2, -0.15) is 0 Å². The van der Waals surface area contributed by atoms with E-state index in [-0.39, 0.29) is 24.5 Å². The molecule has 152 valence electrons. The summed E-state index contributed by atoms with van der Waals surface area (Å²) in [6.45, 7) is -0.105. The van der Waals surface area contributed by atoms with Crippen LogP contribution in [0.3, 0.4) is 0 Å². The van der Waals surface area contributed by atoms with Gasteiger partial charge in [0.15, 0.2) is 5.82 Å². The molecule has 0 saturated heterocycles. The van der Waals surface area contributed by atoms with Gasteiger partial charge in [0.2, 0.25) is 5.91 Å². The molecule has 1 aliphatic rings. The molecule has 7 nitrogen and oxygen atoms in total. The lowest BCUT2D eigenvalue weighted by Gasteiger charge is -2.40. The van der Waals surface area contributed by atoms with Crippen LogP contribution >= 0.6 is 0 Å². The van der Waals surface area contributed by atoms with Crippen molar-refractivity contribution in [1.29, 1.82) is 0 Å². The van der Waals surface area contributed by atoms with Gasteiger partial charge in [0.1, 0.15) is 6.54 Å². The quantitative estimate of drug-likeness (QED) is 0.713. The number of carbonyl (C=O) groups is 2. The lowest BCUT2D eigenvalue weighted by molar-refractivity contribution is -0.120. The number of aromatic nitrogens is 1. The molecule has 0 spiro atoms. The van der Waals surface area contributed by atoms with Crippen LogP contribution in [-0.2, 0) is 4.79 Å². The Hall–Kier alpha value is -3.87. The third-order valence-electron chi connectivity index (χ3n) is 5.19. The zero-order valence-corrected chi connectivity index (χ0v) is 16.9. The molecule has 0 unspecified atom stereocenters. The van der Waals surface area contributed by atoms with Crippen LogP contribution < -0.4 is 15.2 Å². The molecule has 7 heteroatoms. The fraction of sp³-hybridized carbons (Fsp3) is 0.174. The van der Waals surface area contributed by atoms with Gasteiger partial charge in [-0.25, -0.2) is 14.8 Å². The van der Waals surface area contributed by atoms with Crippen LogP contribution in [0.5, 0.6) is 0 Å². The van der Waals surface area contributed by atoms with Gasteiger partial charge in [0, 0.05) is 20.3 Å². The van der Waals surface area contributed by atoms with Gasteiger partial charge in [-0.15, -0.1) is 0 Å². The largest absolute Gasteiger partial charge is 0.344 e. The highest BCUT2D eigenvalue weighted by Crippen LogP contribution is 2.32. The molecule has 4 rings (SSSR count). The Labute approximate surface area is 175 Å². The SMILES string of the molecule is CN1C(=O)N(CC(=O)NC(c2ccccc2)c2ccccc2)c2cccnc2N1C. The highest BCUT2D eigenvalue weighted by Gasteiger charge is 2.34. The maximum absolute atomic E-state index is 13.1. The summed E-state index contributed by atoms with van der Waals surface area (Å²) in [5, 5.41) is 6.20. The molecule has 0 bridgehead atoms. The number of carbonyl (C=O) groups excluding carboxylic acids is 2. The number of hydrazine groups is 1. The second-order valence-electron chi connectivity index (χ2n) is 7.08. The zero-order valence-electron chi connectivity index (χ0n) is 16.9. The molecular weight excluding hydrogens is 378 g/mol. The number of hydrogen-bond acceptors (Lipinski definition) is 4. The zero-order chi connectivity index (χ0) is 21.1. The third kappa shape index (κ3) is 3.69. The first-order chi connectivity index (χ1) is 14.6. The Bertz CT molecular complexity index is 1000. The molecular formula is C23H23N5O2. The van der Waals surface area contributed by atoms with Gasteiger partial charge in [-0.3, -0.25) is 14.7 Å². The first-order valence-corrected chi connectivity index (χ1v) is 9.69. The molecule has 2 heterocycles. The molecule has 0 radical (unpaired) electrons. The number of benzene rings is 2. The molecule has 0 saturated carbocycles. The fourth-order valence-corrected chi connectivity index (χ4v) is 3.55. The van der Waals surface area contributed by atoms with Crippen molar-refractivity contribution in [2.24, 2.45) is 0 Å². The predicted octanol–water partition coefficient (Wildman–Crippen LogP) is 3.21. The van der Waals surface area contributed by atoms with Gasteiger partial charge >= 0.3 is 6.03 Å². The molecule has 0 atom stereocenters. The smallest absolute Gasteiger partial charge is 0.343 e. The van der Waals surface area contributed by atoms with E-state index in [1.165, 1.54) is 9.91 Å². The van der Waals surface area contributed by atoms with Crippen LogP contribution in [-0.4, -0.2) is 42.6 Å². The summed E-state index contributed by atoms with van der Waals surface area (Å²) in [7, 11) is 3.42. The van der Waals surface area contributed by atoms with Crippen molar-refractivity contribution >= 4 is 23.4 Å². The predicted molar refractivity (Wildman–Crippen MR) is 116 cm³/mol. The van der Waals surface area contributed by atoms with Crippen LogP contribution in [0.15, 0.2) is 79.0 Å². The molecule has 3 aromatic rings. The van der Waals surface area contributed by atoms with Crippen molar-refractivity contribution in [2.75, 3.05) is 30.5 Å². The van der Waals surface area contributed by atoms with E-state index in [4.69, 9.17) is 0 Å². The van der Waals surface area contributed by atoms with Crippen molar-refractivity contribution in [3.05, 3.63) is 90.1 Å². The second kappa shape index (κ2) is 8.24. The summed E-state index contributed by atoms with van der Waals surface area (Å²) in [5.41, 5.74) is 2.55. The number of nitrogens with one attached hydrogen (secondary N) is 1. The molecule has 3 amide bonds. The Balaban J connectivity index is 1.60. The van der Waals surface area contributed by atoms with Gasteiger partial charge in [-0.05, 0) is 23.3 Å². The Morgan fingerprint density at radius 2 is 1.50 bits per heavy atom. The number of urea groups is 1. The minimum absolute atomic E-state index is 0.105. The minimum Gasteiger partial charge on any atom is -0.344 e. The Morgan fingerprint density at radius 1 is 0.900 bits per heavy atom. The molecule has 30 heavy (non-hydrogen) atoms. The lowest BCUT2D eigenvalue weighted by atomic mass is 9.99. The molecule has 1 N–H and O–H groups in total. The Morgan fingerprint density at radius 3 is 2.10 bits per heavy atom. The van der Waals surface area contributed by atoms with Crippen molar-refractivity contribution in [1.82, 2.24) is 15.3 Å². The van der Waals surface area contributed by atoms with E-state index in [9.17, 15) is 9.59 Å².